The molecule has 0 unspecified atom stereocenters. The highest BCUT2D eigenvalue weighted by Crippen LogP contribution is 2.46. The molecule has 1 aliphatic rings. The number of rotatable bonds is 30. The Morgan fingerprint density at radius 3 is 1.19 bits per heavy atom. The fraction of sp³-hybridized carbons (Fsp3) is 0.453. The molecule has 1 aliphatic carbocycles. The average molecular weight is 989 g/mol. The molecular formula is C64H80N2O7. The van der Waals surface area contributed by atoms with Gasteiger partial charge in [0.25, 0.3) is 11.8 Å². The Kier molecular flexibility index (Phi) is 22.1. The summed E-state index contributed by atoms with van der Waals surface area (Å²) in [5, 5.41) is 18.0. The van der Waals surface area contributed by atoms with Crippen molar-refractivity contribution in [3.63, 3.8) is 0 Å². The SMILES string of the molecule is CCCCCCCc1ccc(C(=O)Nc2cc(CCCC)c(O)c3c2C(=O)c2c(NC(=O)c4ccc(CCCCCCC)cc4)cc(CCCC)c(OC(=O)c4ccc(CCCCCCC)cc4)c2C3=O)cc1. The minimum Gasteiger partial charge on any atom is -0.507 e. The van der Waals surface area contributed by atoms with Crippen molar-refractivity contribution >= 4 is 40.7 Å². The van der Waals surface area contributed by atoms with Gasteiger partial charge in [0.15, 0.2) is 5.78 Å². The first-order valence-corrected chi connectivity index (χ1v) is 27.8. The predicted molar refractivity (Wildman–Crippen MR) is 296 cm³/mol. The summed E-state index contributed by atoms with van der Waals surface area (Å²) in [5.41, 5.74) is 4.44. The van der Waals surface area contributed by atoms with Gasteiger partial charge in [0, 0.05) is 11.1 Å². The molecule has 0 aromatic heterocycles. The average Bonchev–Trinajstić information content (AvgIpc) is 3.40. The molecule has 2 amide bonds. The molecule has 0 fully saturated rings. The molecule has 0 bridgehead atoms. The number of ether oxygens (including phenoxy) is 1. The zero-order chi connectivity index (χ0) is 52.1. The highest BCUT2D eigenvalue weighted by atomic mass is 16.5. The lowest BCUT2D eigenvalue weighted by Crippen LogP contribution is -2.28. The fourth-order valence-electron chi connectivity index (χ4n) is 9.82. The second kappa shape index (κ2) is 28.8. The molecule has 73 heavy (non-hydrogen) atoms. The second-order valence-corrected chi connectivity index (χ2v) is 20.1. The van der Waals surface area contributed by atoms with E-state index in [1.807, 2.05) is 50.2 Å². The van der Waals surface area contributed by atoms with Crippen molar-refractivity contribution < 1.29 is 33.8 Å². The van der Waals surface area contributed by atoms with Gasteiger partial charge in [-0.15, -0.1) is 0 Å². The van der Waals surface area contributed by atoms with E-state index >= 15 is 9.59 Å². The number of phenolic OH excluding ortho intramolecular Hbond substituents is 1. The van der Waals surface area contributed by atoms with Crippen LogP contribution < -0.4 is 15.4 Å². The van der Waals surface area contributed by atoms with Crippen LogP contribution in [0, 0.1) is 0 Å². The fourth-order valence-corrected chi connectivity index (χ4v) is 9.82. The molecule has 3 N–H and O–H groups in total. The van der Waals surface area contributed by atoms with Crippen LogP contribution >= 0.6 is 0 Å². The van der Waals surface area contributed by atoms with Crippen LogP contribution in [0.5, 0.6) is 11.5 Å². The van der Waals surface area contributed by atoms with Gasteiger partial charge < -0.3 is 20.5 Å². The summed E-state index contributed by atoms with van der Waals surface area (Å²) >= 11 is 0. The number of hydrogen-bond acceptors (Lipinski definition) is 7. The first-order valence-electron chi connectivity index (χ1n) is 27.8. The van der Waals surface area contributed by atoms with Crippen LogP contribution in [0.25, 0.3) is 0 Å². The maximum atomic E-state index is 15.5. The van der Waals surface area contributed by atoms with E-state index in [0.29, 0.717) is 47.9 Å². The van der Waals surface area contributed by atoms with Crippen LogP contribution in [0.15, 0.2) is 84.9 Å². The van der Waals surface area contributed by atoms with Gasteiger partial charge in [-0.05, 0) is 141 Å². The summed E-state index contributed by atoms with van der Waals surface area (Å²) in [5.74, 6) is -3.61. The minimum absolute atomic E-state index is 0.0644. The number of carbonyl (C=O) groups is 5. The van der Waals surface area contributed by atoms with Crippen LogP contribution in [0.1, 0.15) is 247 Å². The molecule has 0 spiro atoms. The third-order valence-electron chi connectivity index (χ3n) is 14.3. The molecule has 9 heteroatoms. The van der Waals surface area contributed by atoms with Crippen molar-refractivity contribution in [2.45, 2.75) is 189 Å². The number of ketones is 2. The first-order chi connectivity index (χ1) is 35.5. The lowest BCUT2D eigenvalue weighted by Gasteiger charge is -2.27. The lowest BCUT2D eigenvalue weighted by atomic mass is 9.78. The number of carbonyl (C=O) groups excluding carboxylic acids is 5. The van der Waals surface area contributed by atoms with Crippen LogP contribution in [-0.4, -0.2) is 34.5 Å². The minimum atomic E-state index is -0.752. The zero-order valence-corrected chi connectivity index (χ0v) is 44.5. The monoisotopic (exact) mass is 989 g/mol. The molecule has 0 saturated heterocycles. The number of esters is 1. The van der Waals surface area contributed by atoms with Crippen molar-refractivity contribution in [1.29, 1.82) is 0 Å². The molecule has 6 rings (SSSR count). The van der Waals surface area contributed by atoms with Crippen LogP contribution in [0.4, 0.5) is 11.4 Å². The second-order valence-electron chi connectivity index (χ2n) is 20.1. The third kappa shape index (κ3) is 15.1. The summed E-state index contributed by atoms with van der Waals surface area (Å²) < 4.78 is 6.30. The Morgan fingerprint density at radius 1 is 0.411 bits per heavy atom. The number of nitrogens with one attached hydrogen (secondary N) is 2. The number of aromatic hydroxyl groups is 1. The van der Waals surface area contributed by atoms with Gasteiger partial charge in [-0.1, -0.05) is 161 Å². The maximum absolute atomic E-state index is 15.5. The first kappa shape index (κ1) is 56.0. The molecule has 388 valence electrons. The van der Waals surface area contributed by atoms with Crippen molar-refractivity contribution in [2.24, 2.45) is 0 Å². The molecule has 9 nitrogen and oxygen atoms in total. The Morgan fingerprint density at radius 2 is 0.767 bits per heavy atom. The van der Waals surface area contributed by atoms with Gasteiger partial charge in [0.05, 0.1) is 39.2 Å². The van der Waals surface area contributed by atoms with E-state index in [1.165, 1.54) is 57.8 Å². The van der Waals surface area contributed by atoms with Crippen molar-refractivity contribution in [2.75, 3.05) is 10.6 Å². The quantitative estimate of drug-likeness (QED) is 0.0177. The largest absolute Gasteiger partial charge is 0.507 e. The number of hydrogen-bond donors (Lipinski definition) is 3. The van der Waals surface area contributed by atoms with E-state index in [2.05, 4.69) is 31.4 Å². The molecule has 0 saturated carbocycles. The van der Waals surface area contributed by atoms with E-state index in [1.54, 1.807) is 48.5 Å². The molecule has 5 aromatic rings. The van der Waals surface area contributed by atoms with Crippen LogP contribution in [0.3, 0.4) is 0 Å². The van der Waals surface area contributed by atoms with Crippen molar-refractivity contribution in [1.82, 2.24) is 0 Å². The zero-order valence-electron chi connectivity index (χ0n) is 44.5. The van der Waals surface area contributed by atoms with E-state index < -0.39 is 29.4 Å². The van der Waals surface area contributed by atoms with Gasteiger partial charge in [0.2, 0.25) is 5.78 Å². The van der Waals surface area contributed by atoms with Gasteiger partial charge in [-0.3, -0.25) is 19.2 Å². The topological polar surface area (TPSA) is 139 Å². The summed E-state index contributed by atoms with van der Waals surface area (Å²) in [6.07, 6.45) is 23.6. The smallest absolute Gasteiger partial charge is 0.343 e. The number of phenols is 1. The summed E-state index contributed by atoms with van der Waals surface area (Å²) in [4.78, 5) is 73.8. The number of anilines is 2. The van der Waals surface area contributed by atoms with E-state index in [9.17, 15) is 19.5 Å². The van der Waals surface area contributed by atoms with Gasteiger partial charge in [-0.25, -0.2) is 4.79 Å². The molecule has 5 aromatic carbocycles. The Labute approximate surface area is 435 Å². The Bertz CT molecular complexity index is 2650. The van der Waals surface area contributed by atoms with Crippen LogP contribution in [-0.2, 0) is 32.1 Å². The molecule has 0 radical (unpaired) electrons. The van der Waals surface area contributed by atoms with E-state index in [0.717, 1.165) is 87.3 Å². The Balaban J connectivity index is 1.42. The summed E-state index contributed by atoms with van der Waals surface area (Å²) in [6.45, 7) is 10.6. The van der Waals surface area contributed by atoms with Crippen molar-refractivity contribution in [3.05, 3.63) is 152 Å². The molecule has 0 atom stereocenters. The number of aryl methyl sites for hydroxylation is 5. The standard InChI is InChI=1S/C64H80N2O7/c1-6-11-16-19-22-25-44-30-36-47(37-31-44)62(70)65-52-42-50(28-14-9-4)58(67)56-54(52)59(68)55-53(66-63(71)48-38-32-45(33-39-48)26-23-20-17-12-7-2)43-51(29-15-10-5)61(57(55)60(56)69)73-64(72)49-40-34-46(35-41-49)27-24-21-18-13-8-3/h30-43,67H,6-29H2,1-5H3,(H,65,70)(H,66,71). The van der Waals surface area contributed by atoms with Crippen molar-refractivity contribution in [3.8, 4) is 11.5 Å². The normalized spacial score (nSPS) is 11.8. The highest BCUT2D eigenvalue weighted by Gasteiger charge is 2.41. The number of unbranched alkanes of at least 4 members (excludes halogenated alkanes) is 14. The van der Waals surface area contributed by atoms with Gasteiger partial charge in [0.1, 0.15) is 11.5 Å². The summed E-state index contributed by atoms with van der Waals surface area (Å²) in [6, 6.07) is 25.3. The number of benzene rings is 5. The third-order valence-corrected chi connectivity index (χ3v) is 14.3. The highest BCUT2D eigenvalue weighted by molar-refractivity contribution is 6.35. The molecule has 0 aliphatic heterocycles. The van der Waals surface area contributed by atoms with Gasteiger partial charge in [-0.2, -0.15) is 0 Å². The maximum Gasteiger partial charge on any atom is 0.343 e. The molecule has 0 heterocycles. The van der Waals surface area contributed by atoms with E-state index in [-0.39, 0.29) is 50.7 Å². The van der Waals surface area contributed by atoms with Gasteiger partial charge >= 0.3 is 5.97 Å². The van der Waals surface area contributed by atoms with E-state index in [4.69, 9.17) is 4.74 Å². The molecular weight excluding hydrogens is 909 g/mol. The number of fused-ring (bicyclic) bond motifs is 2. The Hall–Kier alpha value is -6.35. The van der Waals surface area contributed by atoms with Crippen LogP contribution in [0.2, 0.25) is 0 Å². The predicted octanol–water partition coefficient (Wildman–Crippen LogP) is 16.1. The lowest BCUT2D eigenvalue weighted by molar-refractivity contribution is 0.0728. The number of amides is 2. The summed E-state index contributed by atoms with van der Waals surface area (Å²) in [7, 11) is 0.